The van der Waals surface area contributed by atoms with Crippen molar-refractivity contribution in [2.24, 2.45) is 0 Å². The summed E-state index contributed by atoms with van der Waals surface area (Å²) in [5.41, 5.74) is 2.34. The van der Waals surface area contributed by atoms with Gasteiger partial charge in [0.1, 0.15) is 0 Å². The summed E-state index contributed by atoms with van der Waals surface area (Å²) >= 11 is 0. The molecule has 0 aromatic carbocycles. The van der Waals surface area contributed by atoms with Gasteiger partial charge in [-0.3, -0.25) is 4.79 Å². The molecule has 2 nitrogen and oxygen atoms in total. The number of allylic oxidation sites excluding steroid dienone is 2. The van der Waals surface area contributed by atoms with Crippen LogP contribution < -0.4 is 5.32 Å². The second-order valence-corrected chi connectivity index (χ2v) is 3.84. The van der Waals surface area contributed by atoms with Crippen LogP contribution in [-0.4, -0.2) is 11.8 Å². The molecule has 1 atom stereocenters. The largest absolute Gasteiger partial charge is 0.385 e. The maximum atomic E-state index is 11.5. The van der Waals surface area contributed by atoms with E-state index in [0.29, 0.717) is 18.2 Å². The van der Waals surface area contributed by atoms with Gasteiger partial charge in [0.15, 0.2) is 5.78 Å². The van der Waals surface area contributed by atoms with Gasteiger partial charge < -0.3 is 5.32 Å². The summed E-state index contributed by atoms with van der Waals surface area (Å²) in [6.07, 6.45) is 5.23. The minimum Gasteiger partial charge on any atom is -0.385 e. The van der Waals surface area contributed by atoms with E-state index >= 15 is 0 Å². The molecule has 0 saturated carbocycles. The van der Waals surface area contributed by atoms with E-state index in [9.17, 15) is 4.79 Å². The third-order valence-corrected chi connectivity index (χ3v) is 2.72. The number of hydrogen-bond acceptors (Lipinski definition) is 2. The Bertz CT molecular complexity index is 242. The van der Waals surface area contributed by atoms with Gasteiger partial charge in [-0.2, -0.15) is 0 Å². The molecule has 0 aromatic heterocycles. The molecule has 0 aromatic rings. The van der Waals surface area contributed by atoms with Crippen molar-refractivity contribution in [3.05, 3.63) is 11.3 Å². The Kier molecular flexibility index (Phi) is 1.91. The fourth-order valence-corrected chi connectivity index (χ4v) is 2.12. The Balaban J connectivity index is 2.26. The summed E-state index contributed by atoms with van der Waals surface area (Å²) in [6, 6.07) is 0.356. The molecule has 1 aliphatic heterocycles. The third kappa shape index (κ3) is 1.26. The highest BCUT2D eigenvalue weighted by atomic mass is 16.1. The molecular formula is C10H15NO. The minimum absolute atomic E-state index is 0.356. The average molecular weight is 165 g/mol. The summed E-state index contributed by atoms with van der Waals surface area (Å²) < 4.78 is 0. The number of nitrogens with one attached hydrogen (secondary N) is 1. The Labute approximate surface area is 73.0 Å². The molecule has 2 rings (SSSR count). The molecule has 0 amide bonds. The number of Topliss-reactive ketones (excluding diaryl/α,β-unsaturated/α-hetero) is 1. The molecule has 0 radical (unpaired) electrons. The van der Waals surface area contributed by atoms with Crippen molar-refractivity contribution in [2.45, 2.75) is 45.1 Å². The van der Waals surface area contributed by atoms with Gasteiger partial charge in [-0.15, -0.1) is 0 Å². The van der Waals surface area contributed by atoms with Gasteiger partial charge in [-0.05, 0) is 32.6 Å². The van der Waals surface area contributed by atoms with Gasteiger partial charge in [-0.25, -0.2) is 0 Å². The van der Waals surface area contributed by atoms with E-state index in [1.54, 1.807) is 0 Å². The lowest BCUT2D eigenvalue weighted by Crippen LogP contribution is -2.36. The lowest BCUT2D eigenvalue weighted by atomic mass is 9.88. The summed E-state index contributed by atoms with van der Waals surface area (Å²) in [7, 11) is 0. The maximum Gasteiger partial charge on any atom is 0.162 e. The van der Waals surface area contributed by atoms with E-state index in [1.807, 2.05) is 0 Å². The molecule has 0 spiro atoms. The monoisotopic (exact) mass is 165 g/mol. The van der Waals surface area contributed by atoms with E-state index < -0.39 is 0 Å². The van der Waals surface area contributed by atoms with Crippen LogP contribution in [0, 0.1) is 0 Å². The summed E-state index contributed by atoms with van der Waals surface area (Å²) in [6.45, 7) is 2.08. The number of rotatable bonds is 0. The van der Waals surface area contributed by atoms with Crippen LogP contribution in [0.25, 0.3) is 0 Å². The van der Waals surface area contributed by atoms with Crippen LogP contribution in [-0.2, 0) is 4.79 Å². The average Bonchev–Trinajstić information content (AvgIpc) is 2.04. The van der Waals surface area contributed by atoms with Crippen LogP contribution in [0.3, 0.4) is 0 Å². The molecule has 2 heteroatoms. The van der Waals surface area contributed by atoms with Crippen LogP contribution >= 0.6 is 0 Å². The van der Waals surface area contributed by atoms with E-state index in [4.69, 9.17) is 0 Å². The van der Waals surface area contributed by atoms with Crippen LogP contribution in [0.4, 0.5) is 0 Å². The summed E-state index contributed by atoms with van der Waals surface area (Å²) in [5, 5.41) is 3.41. The second kappa shape index (κ2) is 2.92. The number of carbonyl (C=O) groups excluding carboxylic acids is 1. The fourth-order valence-electron chi connectivity index (χ4n) is 2.12. The molecule has 1 N–H and O–H groups in total. The molecule has 12 heavy (non-hydrogen) atoms. The van der Waals surface area contributed by atoms with Crippen LogP contribution in [0.5, 0.6) is 0 Å². The third-order valence-electron chi connectivity index (χ3n) is 2.72. The number of carbonyl (C=O) groups is 1. The molecule has 1 unspecified atom stereocenters. The molecular weight excluding hydrogens is 150 g/mol. The Morgan fingerprint density at radius 3 is 2.92 bits per heavy atom. The second-order valence-electron chi connectivity index (χ2n) is 3.84. The van der Waals surface area contributed by atoms with Crippen molar-refractivity contribution in [3.63, 3.8) is 0 Å². The van der Waals surface area contributed by atoms with E-state index in [-0.39, 0.29) is 0 Å². The molecule has 0 fully saturated rings. The van der Waals surface area contributed by atoms with E-state index in [2.05, 4.69) is 12.2 Å². The van der Waals surface area contributed by atoms with Crippen LogP contribution in [0.2, 0.25) is 0 Å². The van der Waals surface area contributed by atoms with Crippen molar-refractivity contribution >= 4 is 5.78 Å². The van der Waals surface area contributed by atoms with Gasteiger partial charge in [0.05, 0.1) is 0 Å². The van der Waals surface area contributed by atoms with Crippen LogP contribution in [0.1, 0.15) is 39.0 Å². The normalized spacial score (nSPS) is 29.8. The van der Waals surface area contributed by atoms with Crippen LogP contribution in [0.15, 0.2) is 11.3 Å². The first-order chi connectivity index (χ1) is 5.77. The minimum atomic E-state index is 0.356. The van der Waals surface area contributed by atoms with E-state index in [0.717, 1.165) is 18.4 Å². The Hall–Kier alpha value is -0.790. The van der Waals surface area contributed by atoms with Gasteiger partial charge in [0.2, 0.25) is 0 Å². The first kappa shape index (κ1) is 7.84. The number of ketones is 1. The highest BCUT2D eigenvalue weighted by Gasteiger charge is 2.25. The summed E-state index contributed by atoms with van der Waals surface area (Å²) in [5.74, 6) is 0.385. The molecule has 1 aliphatic carbocycles. The zero-order chi connectivity index (χ0) is 8.55. The molecule has 0 saturated heterocycles. The highest BCUT2D eigenvalue weighted by Crippen LogP contribution is 2.28. The quantitative estimate of drug-likeness (QED) is 0.592. The predicted molar refractivity (Wildman–Crippen MR) is 47.7 cm³/mol. The molecule has 1 heterocycles. The van der Waals surface area contributed by atoms with Gasteiger partial charge in [-0.1, -0.05) is 0 Å². The number of hydrogen-bond donors (Lipinski definition) is 1. The van der Waals surface area contributed by atoms with Crippen molar-refractivity contribution in [1.29, 1.82) is 0 Å². The van der Waals surface area contributed by atoms with Crippen molar-refractivity contribution in [2.75, 3.05) is 0 Å². The lowest BCUT2D eigenvalue weighted by molar-refractivity contribution is -0.116. The Morgan fingerprint density at radius 2 is 2.08 bits per heavy atom. The smallest absolute Gasteiger partial charge is 0.162 e. The molecule has 0 bridgehead atoms. The first-order valence-corrected chi connectivity index (χ1v) is 4.79. The van der Waals surface area contributed by atoms with E-state index in [1.165, 1.54) is 18.5 Å². The predicted octanol–water partition coefficient (Wildman–Crippen LogP) is 1.77. The fraction of sp³-hybridized carbons (Fsp3) is 0.700. The SMILES string of the molecule is CC1CC(=O)C2=C(CCCC2)N1. The van der Waals surface area contributed by atoms with Gasteiger partial charge in [0, 0.05) is 23.7 Å². The Morgan fingerprint density at radius 1 is 1.33 bits per heavy atom. The molecule has 2 aliphatic rings. The zero-order valence-electron chi connectivity index (χ0n) is 7.52. The topological polar surface area (TPSA) is 29.1 Å². The van der Waals surface area contributed by atoms with Gasteiger partial charge >= 0.3 is 0 Å². The highest BCUT2D eigenvalue weighted by molar-refractivity contribution is 5.97. The van der Waals surface area contributed by atoms with Crippen molar-refractivity contribution in [3.8, 4) is 0 Å². The lowest BCUT2D eigenvalue weighted by Gasteiger charge is -2.29. The zero-order valence-corrected chi connectivity index (χ0v) is 7.52. The van der Waals surface area contributed by atoms with Gasteiger partial charge in [0.25, 0.3) is 0 Å². The molecule has 66 valence electrons. The van der Waals surface area contributed by atoms with Crippen molar-refractivity contribution < 1.29 is 4.79 Å². The first-order valence-electron chi connectivity index (χ1n) is 4.79. The van der Waals surface area contributed by atoms with Crippen molar-refractivity contribution in [1.82, 2.24) is 5.32 Å². The maximum absolute atomic E-state index is 11.5. The summed E-state index contributed by atoms with van der Waals surface area (Å²) in [4.78, 5) is 11.5. The standard InChI is InChI=1S/C10H15NO/c1-7-6-10(12)8-4-2-3-5-9(8)11-7/h7,11H,2-6H2,1H3.